The SMILES string of the molecule is CCS(=O)c1cc(C2CC2)cnc1-c1nc2cc(C(F)(F)F)ccc2n1C. The lowest BCUT2D eigenvalue weighted by atomic mass is 10.2. The van der Waals surface area contributed by atoms with Gasteiger partial charge in [-0.05, 0) is 48.6 Å². The molecule has 1 aliphatic carbocycles. The molecule has 0 amide bonds. The van der Waals surface area contributed by atoms with Crippen LogP contribution in [0.1, 0.15) is 36.8 Å². The number of aryl methyl sites for hydroxylation is 1. The lowest BCUT2D eigenvalue weighted by Gasteiger charge is -2.10. The molecule has 4 rings (SSSR count). The molecule has 1 unspecified atom stereocenters. The second kappa shape index (κ2) is 6.44. The monoisotopic (exact) mass is 393 g/mol. The van der Waals surface area contributed by atoms with Crippen LogP contribution in [-0.4, -0.2) is 24.5 Å². The fourth-order valence-electron chi connectivity index (χ4n) is 3.18. The van der Waals surface area contributed by atoms with Crippen molar-refractivity contribution in [1.29, 1.82) is 0 Å². The second-order valence-corrected chi connectivity index (χ2v) is 8.43. The molecule has 1 atom stereocenters. The largest absolute Gasteiger partial charge is 0.416 e. The Morgan fingerprint density at radius 1 is 1.26 bits per heavy atom. The van der Waals surface area contributed by atoms with Gasteiger partial charge < -0.3 is 4.57 Å². The van der Waals surface area contributed by atoms with E-state index in [1.807, 2.05) is 13.0 Å². The van der Waals surface area contributed by atoms with Gasteiger partial charge in [0.25, 0.3) is 0 Å². The Morgan fingerprint density at radius 3 is 2.63 bits per heavy atom. The maximum Gasteiger partial charge on any atom is 0.416 e. The van der Waals surface area contributed by atoms with Gasteiger partial charge in [0.2, 0.25) is 0 Å². The van der Waals surface area contributed by atoms with Gasteiger partial charge in [0.15, 0.2) is 5.82 Å². The zero-order chi connectivity index (χ0) is 19.3. The molecule has 8 heteroatoms. The van der Waals surface area contributed by atoms with Crippen molar-refractivity contribution in [3.8, 4) is 11.5 Å². The highest BCUT2D eigenvalue weighted by atomic mass is 32.2. The van der Waals surface area contributed by atoms with Crippen molar-refractivity contribution in [3.05, 3.63) is 41.6 Å². The average molecular weight is 393 g/mol. The molecule has 1 saturated carbocycles. The predicted molar refractivity (Wildman–Crippen MR) is 97.9 cm³/mol. The van der Waals surface area contributed by atoms with E-state index in [0.717, 1.165) is 30.5 Å². The summed E-state index contributed by atoms with van der Waals surface area (Å²) in [6, 6.07) is 5.40. The minimum atomic E-state index is -4.43. The first-order chi connectivity index (χ1) is 12.8. The number of benzene rings is 1. The number of alkyl halides is 3. The first-order valence-electron chi connectivity index (χ1n) is 8.72. The highest BCUT2D eigenvalue weighted by Crippen LogP contribution is 2.41. The molecule has 1 fully saturated rings. The number of hydrogen-bond donors (Lipinski definition) is 0. The van der Waals surface area contributed by atoms with Gasteiger partial charge in [-0.25, -0.2) is 4.98 Å². The molecule has 0 radical (unpaired) electrons. The van der Waals surface area contributed by atoms with Gasteiger partial charge in [-0.1, -0.05) is 6.92 Å². The van der Waals surface area contributed by atoms with Crippen LogP contribution in [0.25, 0.3) is 22.6 Å². The van der Waals surface area contributed by atoms with Gasteiger partial charge in [-0.15, -0.1) is 0 Å². The van der Waals surface area contributed by atoms with Crippen molar-refractivity contribution in [3.63, 3.8) is 0 Å². The predicted octanol–water partition coefficient (Wildman–Crippen LogP) is 4.66. The lowest BCUT2D eigenvalue weighted by molar-refractivity contribution is -0.137. The molecule has 0 N–H and O–H groups in total. The summed E-state index contributed by atoms with van der Waals surface area (Å²) < 4.78 is 53.3. The first-order valence-corrected chi connectivity index (χ1v) is 10.0. The van der Waals surface area contributed by atoms with Crippen LogP contribution in [0.15, 0.2) is 35.4 Å². The van der Waals surface area contributed by atoms with E-state index < -0.39 is 22.5 Å². The van der Waals surface area contributed by atoms with Crippen LogP contribution in [0.3, 0.4) is 0 Å². The highest BCUT2D eigenvalue weighted by molar-refractivity contribution is 7.85. The van der Waals surface area contributed by atoms with Gasteiger partial charge >= 0.3 is 6.18 Å². The van der Waals surface area contributed by atoms with Crippen LogP contribution in [-0.2, 0) is 24.0 Å². The van der Waals surface area contributed by atoms with E-state index in [1.165, 1.54) is 6.07 Å². The third-order valence-corrected chi connectivity index (χ3v) is 6.18. The average Bonchev–Trinajstić information content (AvgIpc) is 3.44. The fourth-order valence-corrected chi connectivity index (χ4v) is 4.12. The highest BCUT2D eigenvalue weighted by Gasteiger charge is 2.31. The number of aromatic nitrogens is 3. The summed E-state index contributed by atoms with van der Waals surface area (Å²) in [6.45, 7) is 1.83. The van der Waals surface area contributed by atoms with E-state index in [0.29, 0.717) is 33.6 Å². The zero-order valence-corrected chi connectivity index (χ0v) is 15.7. The summed E-state index contributed by atoms with van der Waals surface area (Å²) in [7, 11) is 0.484. The molecule has 0 saturated heterocycles. The number of nitrogens with zero attached hydrogens (tertiary/aromatic N) is 3. The van der Waals surface area contributed by atoms with Crippen molar-refractivity contribution in [1.82, 2.24) is 14.5 Å². The standard InChI is InChI=1S/C19H18F3N3OS/c1-3-27(26)16-8-12(11-4-5-11)10-23-17(16)18-24-14-9-13(19(20,21)22)6-7-15(14)25(18)2/h6-11H,3-5H2,1-2H3. The summed E-state index contributed by atoms with van der Waals surface area (Å²) in [5.41, 5.74) is 1.59. The molecular formula is C19H18F3N3OS. The molecular weight excluding hydrogens is 375 g/mol. The topological polar surface area (TPSA) is 47.8 Å². The Bertz CT molecular complexity index is 1050. The van der Waals surface area contributed by atoms with Gasteiger partial charge in [-0.2, -0.15) is 13.2 Å². The Kier molecular flexibility index (Phi) is 4.33. The van der Waals surface area contributed by atoms with Crippen LogP contribution in [0, 0.1) is 0 Å². The fraction of sp³-hybridized carbons (Fsp3) is 0.368. The van der Waals surface area contributed by atoms with Crippen LogP contribution in [0.2, 0.25) is 0 Å². The van der Waals surface area contributed by atoms with Crippen molar-refractivity contribution in [2.24, 2.45) is 7.05 Å². The van der Waals surface area contributed by atoms with E-state index in [4.69, 9.17) is 0 Å². The molecule has 1 aliphatic rings. The number of hydrogen-bond acceptors (Lipinski definition) is 3. The Hall–Kier alpha value is -2.22. The molecule has 2 aromatic heterocycles. The summed E-state index contributed by atoms with van der Waals surface area (Å²) in [4.78, 5) is 9.49. The third-order valence-electron chi connectivity index (χ3n) is 4.85. The Balaban J connectivity index is 1.88. The van der Waals surface area contributed by atoms with Crippen LogP contribution in [0.4, 0.5) is 13.2 Å². The third kappa shape index (κ3) is 3.26. The normalized spacial score (nSPS) is 16.0. The minimum absolute atomic E-state index is 0.239. The summed E-state index contributed by atoms with van der Waals surface area (Å²) in [6.07, 6.45) is -0.452. The van der Waals surface area contributed by atoms with Crippen LogP contribution in [0.5, 0.6) is 0 Å². The molecule has 27 heavy (non-hydrogen) atoms. The molecule has 0 spiro atoms. The van der Waals surface area contributed by atoms with Gasteiger partial charge in [0.1, 0.15) is 5.69 Å². The molecule has 2 heterocycles. The summed E-state index contributed by atoms with van der Waals surface area (Å²) in [5, 5.41) is 0. The molecule has 1 aromatic carbocycles. The van der Waals surface area contributed by atoms with Crippen molar-refractivity contribution in [2.75, 3.05) is 5.75 Å². The molecule has 0 aliphatic heterocycles. The van der Waals surface area contributed by atoms with Crippen molar-refractivity contribution < 1.29 is 17.4 Å². The maximum absolute atomic E-state index is 13.0. The molecule has 142 valence electrons. The summed E-state index contributed by atoms with van der Waals surface area (Å²) >= 11 is 0. The maximum atomic E-state index is 13.0. The van der Waals surface area contributed by atoms with E-state index in [9.17, 15) is 17.4 Å². The van der Waals surface area contributed by atoms with E-state index >= 15 is 0 Å². The van der Waals surface area contributed by atoms with Gasteiger partial charge in [-0.3, -0.25) is 9.19 Å². The number of halogens is 3. The Morgan fingerprint density at radius 2 is 2.00 bits per heavy atom. The van der Waals surface area contributed by atoms with Crippen LogP contribution < -0.4 is 0 Å². The van der Waals surface area contributed by atoms with Crippen LogP contribution >= 0.6 is 0 Å². The van der Waals surface area contributed by atoms with E-state index in [1.54, 1.807) is 17.8 Å². The zero-order valence-electron chi connectivity index (χ0n) is 14.9. The summed E-state index contributed by atoms with van der Waals surface area (Å²) in [5.74, 6) is 1.32. The molecule has 4 nitrogen and oxygen atoms in total. The quantitative estimate of drug-likeness (QED) is 0.648. The molecule has 3 aromatic rings. The number of pyridine rings is 1. The Labute approximate surface area is 156 Å². The van der Waals surface area contributed by atoms with Crippen molar-refractivity contribution in [2.45, 2.75) is 36.8 Å². The first kappa shape index (κ1) is 18.2. The second-order valence-electron chi connectivity index (χ2n) is 6.72. The van der Waals surface area contributed by atoms with E-state index in [-0.39, 0.29) is 5.52 Å². The smallest absolute Gasteiger partial charge is 0.326 e. The number of fused-ring (bicyclic) bond motifs is 1. The number of rotatable bonds is 4. The minimum Gasteiger partial charge on any atom is -0.326 e. The van der Waals surface area contributed by atoms with Gasteiger partial charge in [0, 0.05) is 19.0 Å². The lowest BCUT2D eigenvalue weighted by Crippen LogP contribution is -2.04. The molecule has 0 bridgehead atoms. The van der Waals surface area contributed by atoms with Crippen molar-refractivity contribution >= 4 is 21.8 Å². The van der Waals surface area contributed by atoms with E-state index in [2.05, 4.69) is 9.97 Å². The number of imidazole rings is 1. The van der Waals surface area contributed by atoms with Gasteiger partial charge in [0.05, 0.1) is 32.3 Å².